The first-order chi connectivity index (χ1) is 9.52. The summed E-state index contributed by atoms with van der Waals surface area (Å²) in [6, 6.07) is 9.22. The van der Waals surface area contributed by atoms with Crippen LogP contribution in [0.1, 0.15) is 24.1 Å². The van der Waals surface area contributed by atoms with Crippen LogP contribution in [0.25, 0.3) is 0 Å². The summed E-state index contributed by atoms with van der Waals surface area (Å²) in [5.41, 5.74) is 5.99. The quantitative estimate of drug-likeness (QED) is 0.929. The van der Waals surface area contributed by atoms with Gasteiger partial charge in [0.15, 0.2) is 0 Å². The topological polar surface area (TPSA) is 59.0 Å². The molecule has 0 aliphatic heterocycles. The summed E-state index contributed by atoms with van der Waals surface area (Å²) < 4.78 is 32.2. The second-order valence-electron chi connectivity index (χ2n) is 4.30. The minimum atomic E-state index is -0.672. The molecule has 2 aromatic carbocycles. The third-order valence-electron chi connectivity index (χ3n) is 2.77. The molecular formula is C15H12F2N2O. The fourth-order valence-corrected chi connectivity index (χ4v) is 1.78. The van der Waals surface area contributed by atoms with Crippen molar-refractivity contribution in [1.29, 1.82) is 5.26 Å². The number of halogens is 2. The van der Waals surface area contributed by atoms with Crippen LogP contribution in [-0.4, -0.2) is 0 Å². The Kier molecular flexibility index (Phi) is 3.97. The second kappa shape index (κ2) is 5.68. The lowest BCUT2D eigenvalue weighted by molar-refractivity contribution is 0.462. The normalized spacial score (nSPS) is 11.8. The van der Waals surface area contributed by atoms with Gasteiger partial charge in [-0.3, -0.25) is 0 Å². The molecule has 3 nitrogen and oxygen atoms in total. The molecule has 0 aliphatic rings. The molecule has 20 heavy (non-hydrogen) atoms. The van der Waals surface area contributed by atoms with Crippen molar-refractivity contribution < 1.29 is 13.5 Å². The Hall–Kier alpha value is -2.45. The largest absolute Gasteiger partial charge is 0.456 e. The van der Waals surface area contributed by atoms with Gasteiger partial charge in [-0.25, -0.2) is 8.78 Å². The molecule has 2 aromatic rings. The molecule has 2 rings (SSSR count). The molecule has 0 aliphatic carbocycles. The molecule has 0 spiro atoms. The van der Waals surface area contributed by atoms with E-state index in [1.54, 1.807) is 13.0 Å². The summed E-state index contributed by atoms with van der Waals surface area (Å²) in [6.07, 6.45) is 0. The highest BCUT2D eigenvalue weighted by Crippen LogP contribution is 2.31. The van der Waals surface area contributed by atoms with E-state index in [1.807, 2.05) is 0 Å². The Morgan fingerprint density at radius 2 is 1.95 bits per heavy atom. The summed E-state index contributed by atoms with van der Waals surface area (Å²) in [5, 5.41) is 8.95. The average molecular weight is 274 g/mol. The molecular weight excluding hydrogens is 262 g/mol. The highest BCUT2D eigenvalue weighted by Gasteiger charge is 2.14. The number of hydrogen-bond donors (Lipinski definition) is 1. The van der Waals surface area contributed by atoms with Gasteiger partial charge in [-0.05, 0) is 37.3 Å². The van der Waals surface area contributed by atoms with Crippen LogP contribution in [0.4, 0.5) is 8.78 Å². The maximum Gasteiger partial charge on any atom is 0.148 e. The van der Waals surface area contributed by atoms with E-state index in [-0.39, 0.29) is 11.3 Å². The number of nitrogens with zero attached hydrogens (tertiary/aromatic N) is 1. The Balaban J connectivity index is 2.46. The number of nitriles is 1. The van der Waals surface area contributed by atoms with Gasteiger partial charge in [-0.2, -0.15) is 5.26 Å². The van der Waals surface area contributed by atoms with Crippen molar-refractivity contribution in [3.8, 4) is 17.6 Å². The van der Waals surface area contributed by atoms with Crippen LogP contribution < -0.4 is 10.5 Å². The van der Waals surface area contributed by atoms with Crippen molar-refractivity contribution in [1.82, 2.24) is 0 Å². The zero-order valence-electron chi connectivity index (χ0n) is 10.7. The SMILES string of the molecule is C[C@@H](N)c1cc(F)ccc1Oc1cccc(F)c1C#N. The van der Waals surface area contributed by atoms with Crippen LogP contribution in [0.2, 0.25) is 0 Å². The van der Waals surface area contributed by atoms with E-state index in [2.05, 4.69) is 0 Å². The first kappa shape index (κ1) is 14.0. The molecule has 0 radical (unpaired) electrons. The molecule has 0 amide bonds. The Morgan fingerprint density at radius 3 is 2.60 bits per heavy atom. The van der Waals surface area contributed by atoms with Gasteiger partial charge in [-0.1, -0.05) is 6.07 Å². The van der Waals surface area contributed by atoms with Gasteiger partial charge in [0.2, 0.25) is 0 Å². The van der Waals surface area contributed by atoms with Gasteiger partial charge >= 0.3 is 0 Å². The number of benzene rings is 2. The maximum absolute atomic E-state index is 13.5. The number of hydrogen-bond acceptors (Lipinski definition) is 3. The molecule has 0 saturated heterocycles. The van der Waals surface area contributed by atoms with Crippen LogP contribution >= 0.6 is 0 Å². The second-order valence-corrected chi connectivity index (χ2v) is 4.30. The highest BCUT2D eigenvalue weighted by atomic mass is 19.1. The minimum absolute atomic E-state index is 0.0704. The molecule has 0 fully saturated rings. The Morgan fingerprint density at radius 1 is 1.20 bits per heavy atom. The van der Waals surface area contributed by atoms with Crippen molar-refractivity contribution in [3.63, 3.8) is 0 Å². The highest BCUT2D eigenvalue weighted by molar-refractivity contribution is 5.48. The van der Waals surface area contributed by atoms with Crippen LogP contribution in [0, 0.1) is 23.0 Å². The van der Waals surface area contributed by atoms with Gasteiger partial charge in [0.25, 0.3) is 0 Å². The first-order valence-electron chi connectivity index (χ1n) is 5.94. The molecule has 0 aromatic heterocycles. The van der Waals surface area contributed by atoms with E-state index < -0.39 is 17.7 Å². The van der Waals surface area contributed by atoms with E-state index in [4.69, 9.17) is 15.7 Å². The zero-order chi connectivity index (χ0) is 14.7. The van der Waals surface area contributed by atoms with Crippen molar-refractivity contribution in [2.75, 3.05) is 0 Å². The summed E-state index contributed by atoms with van der Waals surface area (Å²) in [7, 11) is 0. The molecule has 2 N–H and O–H groups in total. The maximum atomic E-state index is 13.5. The fourth-order valence-electron chi connectivity index (χ4n) is 1.78. The van der Waals surface area contributed by atoms with Gasteiger partial charge in [-0.15, -0.1) is 0 Å². The number of rotatable bonds is 3. The van der Waals surface area contributed by atoms with Crippen LogP contribution in [0.15, 0.2) is 36.4 Å². The summed E-state index contributed by atoms with van der Waals surface area (Å²) in [5.74, 6) is -0.747. The van der Waals surface area contributed by atoms with Gasteiger partial charge in [0.05, 0.1) is 0 Å². The van der Waals surface area contributed by atoms with E-state index >= 15 is 0 Å². The van der Waals surface area contributed by atoms with Gasteiger partial charge in [0.1, 0.15) is 34.8 Å². The summed E-state index contributed by atoms with van der Waals surface area (Å²) in [4.78, 5) is 0. The molecule has 1 atom stereocenters. The first-order valence-corrected chi connectivity index (χ1v) is 5.94. The molecule has 0 bridgehead atoms. The third-order valence-corrected chi connectivity index (χ3v) is 2.77. The predicted molar refractivity (Wildman–Crippen MR) is 70.2 cm³/mol. The lowest BCUT2D eigenvalue weighted by Gasteiger charge is -2.14. The zero-order valence-corrected chi connectivity index (χ0v) is 10.7. The lowest BCUT2D eigenvalue weighted by Crippen LogP contribution is -2.07. The number of ether oxygens (including phenoxy) is 1. The third kappa shape index (κ3) is 2.76. The van der Waals surface area contributed by atoms with Gasteiger partial charge in [0, 0.05) is 11.6 Å². The van der Waals surface area contributed by atoms with Crippen molar-refractivity contribution in [2.45, 2.75) is 13.0 Å². The molecule has 5 heteroatoms. The Labute approximate surface area is 115 Å². The lowest BCUT2D eigenvalue weighted by atomic mass is 10.1. The van der Waals surface area contributed by atoms with Crippen LogP contribution in [0.3, 0.4) is 0 Å². The van der Waals surface area contributed by atoms with Crippen molar-refractivity contribution >= 4 is 0 Å². The smallest absolute Gasteiger partial charge is 0.148 e. The predicted octanol–water partition coefficient (Wildman–Crippen LogP) is 3.65. The molecule has 0 heterocycles. The van der Waals surface area contributed by atoms with E-state index in [1.165, 1.54) is 36.4 Å². The van der Waals surface area contributed by atoms with E-state index in [0.717, 1.165) is 0 Å². The fraction of sp³-hybridized carbons (Fsp3) is 0.133. The minimum Gasteiger partial charge on any atom is -0.456 e. The monoisotopic (exact) mass is 274 g/mol. The molecule has 0 unspecified atom stereocenters. The van der Waals surface area contributed by atoms with Crippen molar-refractivity contribution in [3.05, 3.63) is 59.2 Å². The molecule has 102 valence electrons. The summed E-state index contributed by atoms with van der Waals surface area (Å²) in [6.45, 7) is 1.68. The number of nitrogens with two attached hydrogens (primary N) is 1. The van der Waals surface area contributed by atoms with Crippen molar-refractivity contribution in [2.24, 2.45) is 5.73 Å². The van der Waals surface area contributed by atoms with Crippen LogP contribution in [-0.2, 0) is 0 Å². The summed E-state index contributed by atoms with van der Waals surface area (Å²) >= 11 is 0. The average Bonchev–Trinajstić information content (AvgIpc) is 2.41. The van der Waals surface area contributed by atoms with Crippen LogP contribution in [0.5, 0.6) is 11.5 Å². The van der Waals surface area contributed by atoms with E-state index in [0.29, 0.717) is 11.3 Å². The molecule has 0 saturated carbocycles. The van der Waals surface area contributed by atoms with Gasteiger partial charge < -0.3 is 10.5 Å². The van der Waals surface area contributed by atoms with E-state index in [9.17, 15) is 8.78 Å². The standard InChI is InChI=1S/C15H12F2N2O/c1-9(19)11-7-10(16)5-6-15(11)20-14-4-2-3-13(17)12(14)8-18/h2-7,9H,19H2,1H3/t9-/m1/s1. The Bertz CT molecular complexity index is 678.